The molecule has 0 spiro atoms. The lowest BCUT2D eigenvalue weighted by Gasteiger charge is -2.32. The van der Waals surface area contributed by atoms with Gasteiger partial charge in [-0.2, -0.15) is 11.8 Å². The second-order valence-electron chi connectivity index (χ2n) is 5.66. The van der Waals surface area contributed by atoms with Crippen molar-refractivity contribution in [2.24, 2.45) is 11.7 Å². The Bertz CT molecular complexity index is 283. The van der Waals surface area contributed by atoms with Gasteiger partial charge in [0.15, 0.2) is 0 Å². The molecule has 2 aliphatic rings. The van der Waals surface area contributed by atoms with E-state index in [2.05, 4.69) is 12.2 Å². The first-order valence-electron chi connectivity index (χ1n) is 7.38. The van der Waals surface area contributed by atoms with E-state index < -0.39 is 0 Å². The van der Waals surface area contributed by atoms with E-state index in [-0.39, 0.29) is 17.9 Å². The molecule has 0 bridgehead atoms. The average molecular weight is 270 g/mol. The van der Waals surface area contributed by atoms with Crippen molar-refractivity contribution >= 4 is 17.7 Å². The van der Waals surface area contributed by atoms with Crippen LogP contribution in [0.15, 0.2) is 0 Å². The van der Waals surface area contributed by atoms with Gasteiger partial charge in [0.05, 0.1) is 0 Å². The number of hydrogen-bond donors (Lipinski definition) is 2. The molecular formula is C14H26N2OS. The monoisotopic (exact) mass is 270 g/mol. The zero-order valence-electron chi connectivity index (χ0n) is 11.4. The summed E-state index contributed by atoms with van der Waals surface area (Å²) in [6.45, 7) is 2.20. The molecule has 0 aromatic rings. The minimum absolute atomic E-state index is 0.175. The molecule has 0 saturated heterocycles. The van der Waals surface area contributed by atoms with Gasteiger partial charge < -0.3 is 11.1 Å². The van der Waals surface area contributed by atoms with Crippen molar-refractivity contribution in [2.45, 2.75) is 69.2 Å². The lowest BCUT2D eigenvalue weighted by Crippen LogP contribution is -2.46. The number of carbonyl (C=O) groups is 1. The Labute approximate surface area is 115 Å². The highest BCUT2D eigenvalue weighted by atomic mass is 32.2. The third kappa shape index (κ3) is 3.64. The molecule has 3 nitrogen and oxygen atoms in total. The Hall–Kier alpha value is -0.220. The molecule has 3 N–H and O–H groups in total. The van der Waals surface area contributed by atoms with E-state index in [1.54, 1.807) is 0 Å². The normalized spacial score (nSPS) is 36.6. The van der Waals surface area contributed by atoms with Crippen molar-refractivity contribution in [1.29, 1.82) is 0 Å². The van der Waals surface area contributed by atoms with Gasteiger partial charge in [-0.3, -0.25) is 4.79 Å². The number of hydrogen-bond acceptors (Lipinski definition) is 3. The summed E-state index contributed by atoms with van der Waals surface area (Å²) in [5.41, 5.74) is 5.89. The lowest BCUT2D eigenvalue weighted by atomic mass is 9.94. The van der Waals surface area contributed by atoms with Gasteiger partial charge in [-0.1, -0.05) is 19.8 Å². The Morgan fingerprint density at radius 2 is 2.06 bits per heavy atom. The van der Waals surface area contributed by atoms with Crippen LogP contribution in [-0.4, -0.2) is 29.0 Å². The van der Waals surface area contributed by atoms with E-state index in [4.69, 9.17) is 5.73 Å². The van der Waals surface area contributed by atoms with Gasteiger partial charge in [-0.15, -0.1) is 0 Å². The third-order valence-electron chi connectivity index (χ3n) is 4.25. The van der Waals surface area contributed by atoms with Crippen LogP contribution in [0, 0.1) is 5.92 Å². The van der Waals surface area contributed by atoms with Crippen LogP contribution in [0.3, 0.4) is 0 Å². The number of rotatable bonds is 4. The lowest BCUT2D eigenvalue weighted by molar-refractivity contribution is -0.125. The number of amides is 1. The smallest absolute Gasteiger partial charge is 0.223 e. The molecule has 4 atom stereocenters. The van der Waals surface area contributed by atoms with Gasteiger partial charge in [0.25, 0.3) is 0 Å². The molecule has 18 heavy (non-hydrogen) atoms. The molecule has 2 rings (SSSR count). The number of thioether (sulfide) groups is 1. The quantitative estimate of drug-likeness (QED) is 0.824. The predicted octanol–water partition coefficient (Wildman–Crippen LogP) is 2.29. The molecule has 104 valence electrons. The highest BCUT2D eigenvalue weighted by molar-refractivity contribution is 7.99. The van der Waals surface area contributed by atoms with Crippen molar-refractivity contribution in [3.05, 3.63) is 0 Å². The van der Waals surface area contributed by atoms with Gasteiger partial charge in [0, 0.05) is 23.3 Å². The van der Waals surface area contributed by atoms with Crippen molar-refractivity contribution in [1.82, 2.24) is 5.32 Å². The first-order chi connectivity index (χ1) is 8.70. The summed E-state index contributed by atoms with van der Waals surface area (Å²) >= 11 is 2.01. The van der Waals surface area contributed by atoms with E-state index in [0.29, 0.717) is 11.3 Å². The molecule has 2 aliphatic carbocycles. The van der Waals surface area contributed by atoms with Crippen molar-refractivity contribution in [3.8, 4) is 0 Å². The van der Waals surface area contributed by atoms with Crippen LogP contribution in [-0.2, 0) is 4.79 Å². The highest BCUT2D eigenvalue weighted by Crippen LogP contribution is 2.30. The van der Waals surface area contributed by atoms with E-state index in [9.17, 15) is 4.79 Å². The summed E-state index contributed by atoms with van der Waals surface area (Å²) in [4.78, 5) is 12.2. The molecule has 4 unspecified atom stereocenters. The van der Waals surface area contributed by atoms with Crippen LogP contribution >= 0.6 is 11.8 Å². The SMILES string of the molecule is CCSC1CCCCC1NC(=O)C1CCC(N)C1. The largest absolute Gasteiger partial charge is 0.352 e. The fourth-order valence-electron chi connectivity index (χ4n) is 3.23. The van der Waals surface area contributed by atoms with Crippen LogP contribution in [0.1, 0.15) is 51.9 Å². The summed E-state index contributed by atoms with van der Waals surface area (Å²) in [5, 5.41) is 3.93. The second-order valence-corrected chi connectivity index (χ2v) is 7.18. The molecule has 2 fully saturated rings. The summed E-state index contributed by atoms with van der Waals surface area (Å²) in [6, 6.07) is 0.640. The Morgan fingerprint density at radius 3 is 2.72 bits per heavy atom. The topological polar surface area (TPSA) is 55.1 Å². The molecule has 0 radical (unpaired) electrons. The number of nitrogens with one attached hydrogen (secondary N) is 1. The fourth-order valence-corrected chi connectivity index (χ4v) is 4.43. The Balaban J connectivity index is 1.84. The standard InChI is InChI=1S/C14H26N2OS/c1-2-18-13-6-4-3-5-12(13)16-14(17)10-7-8-11(15)9-10/h10-13H,2-9,15H2,1H3,(H,16,17). The van der Waals surface area contributed by atoms with Crippen LogP contribution in [0.5, 0.6) is 0 Å². The molecule has 1 amide bonds. The first-order valence-corrected chi connectivity index (χ1v) is 8.43. The molecular weight excluding hydrogens is 244 g/mol. The predicted molar refractivity (Wildman–Crippen MR) is 77.6 cm³/mol. The molecule has 0 aliphatic heterocycles. The summed E-state index contributed by atoms with van der Waals surface area (Å²) in [5.74, 6) is 1.58. The van der Waals surface area contributed by atoms with Crippen LogP contribution < -0.4 is 11.1 Å². The van der Waals surface area contributed by atoms with Crippen molar-refractivity contribution in [3.63, 3.8) is 0 Å². The minimum Gasteiger partial charge on any atom is -0.352 e. The summed E-state index contributed by atoms with van der Waals surface area (Å²) in [7, 11) is 0. The molecule has 0 aromatic carbocycles. The van der Waals surface area contributed by atoms with E-state index in [1.807, 2.05) is 11.8 Å². The number of carbonyl (C=O) groups excluding carboxylic acids is 1. The van der Waals surface area contributed by atoms with E-state index in [0.717, 1.165) is 31.4 Å². The van der Waals surface area contributed by atoms with Crippen molar-refractivity contribution < 1.29 is 4.79 Å². The first kappa shape index (κ1) is 14.2. The third-order valence-corrected chi connectivity index (χ3v) is 5.58. The van der Waals surface area contributed by atoms with E-state index >= 15 is 0 Å². The van der Waals surface area contributed by atoms with Gasteiger partial charge in [0.1, 0.15) is 0 Å². The van der Waals surface area contributed by atoms with Gasteiger partial charge >= 0.3 is 0 Å². The van der Waals surface area contributed by atoms with Gasteiger partial charge in [-0.05, 0) is 37.9 Å². The highest BCUT2D eigenvalue weighted by Gasteiger charge is 2.32. The summed E-state index contributed by atoms with van der Waals surface area (Å²) in [6.07, 6.45) is 7.86. The van der Waals surface area contributed by atoms with E-state index in [1.165, 1.54) is 19.3 Å². The Morgan fingerprint density at radius 1 is 1.28 bits per heavy atom. The minimum atomic E-state index is 0.175. The van der Waals surface area contributed by atoms with Crippen LogP contribution in [0.4, 0.5) is 0 Å². The maximum atomic E-state index is 12.2. The second kappa shape index (κ2) is 6.80. The zero-order valence-corrected chi connectivity index (χ0v) is 12.2. The van der Waals surface area contributed by atoms with Gasteiger partial charge in [0.2, 0.25) is 5.91 Å². The van der Waals surface area contributed by atoms with Gasteiger partial charge in [-0.25, -0.2) is 0 Å². The molecule has 2 saturated carbocycles. The Kier molecular flexibility index (Phi) is 5.37. The fraction of sp³-hybridized carbons (Fsp3) is 0.929. The molecule has 0 aromatic heterocycles. The molecule has 0 heterocycles. The maximum absolute atomic E-state index is 12.2. The maximum Gasteiger partial charge on any atom is 0.223 e. The average Bonchev–Trinajstić information content (AvgIpc) is 2.79. The van der Waals surface area contributed by atoms with Crippen molar-refractivity contribution in [2.75, 3.05) is 5.75 Å². The van der Waals surface area contributed by atoms with Crippen LogP contribution in [0.25, 0.3) is 0 Å². The zero-order chi connectivity index (χ0) is 13.0. The number of nitrogens with two attached hydrogens (primary N) is 1. The molecule has 4 heteroatoms. The summed E-state index contributed by atoms with van der Waals surface area (Å²) < 4.78 is 0. The van der Waals surface area contributed by atoms with Crippen LogP contribution in [0.2, 0.25) is 0 Å².